The maximum absolute atomic E-state index is 13.5. The van der Waals surface area contributed by atoms with Gasteiger partial charge in [-0.3, -0.25) is 0 Å². The van der Waals surface area contributed by atoms with Gasteiger partial charge in [0.25, 0.3) is 5.92 Å². The Morgan fingerprint density at radius 2 is 1.90 bits per heavy atom. The molecule has 120 valence electrons. The van der Waals surface area contributed by atoms with E-state index in [0.29, 0.717) is 5.56 Å². The lowest BCUT2D eigenvalue weighted by molar-refractivity contribution is -0.0583. The number of hydrogen-bond acceptors (Lipinski definition) is 3. The predicted molar refractivity (Wildman–Crippen MR) is 76.8 cm³/mol. The van der Waals surface area contributed by atoms with Gasteiger partial charge < -0.3 is 9.66 Å². The minimum Gasteiger partial charge on any atom is -0.598 e. The Morgan fingerprint density at radius 1 is 1.33 bits per heavy atom. The van der Waals surface area contributed by atoms with E-state index >= 15 is 0 Å². The Morgan fingerprint density at radius 3 is 2.38 bits per heavy atom. The Hall–Kier alpha value is -0.760. The molecule has 0 spiro atoms. The zero-order chi connectivity index (χ0) is 16.4. The van der Waals surface area contributed by atoms with E-state index in [9.17, 15) is 17.7 Å². The van der Waals surface area contributed by atoms with Crippen molar-refractivity contribution in [3.63, 3.8) is 0 Å². The largest absolute Gasteiger partial charge is 0.598 e. The maximum Gasteiger partial charge on any atom is 0.298 e. The molecule has 21 heavy (non-hydrogen) atoms. The van der Waals surface area contributed by atoms with Gasteiger partial charge in [-0.05, 0) is 45.4 Å². The second-order valence-corrected chi connectivity index (χ2v) is 7.82. The number of rotatable bonds is 5. The molecule has 0 aromatic heterocycles. The van der Waals surface area contributed by atoms with Gasteiger partial charge in [0.2, 0.25) is 0 Å². The molecule has 0 saturated heterocycles. The normalized spacial score (nSPS) is 15.9. The molecule has 1 rings (SSSR count). The van der Waals surface area contributed by atoms with Crippen LogP contribution in [0.15, 0.2) is 18.2 Å². The number of alkyl halides is 2. The molecular weight excluding hydrogens is 303 g/mol. The minimum atomic E-state index is -3.65. The van der Waals surface area contributed by atoms with Crippen LogP contribution in [0.4, 0.5) is 13.2 Å². The molecule has 0 saturated carbocycles. The summed E-state index contributed by atoms with van der Waals surface area (Å²) in [7, 11) is 0. The predicted octanol–water partition coefficient (Wildman–Crippen LogP) is 3.02. The average Bonchev–Trinajstić information content (AvgIpc) is 2.37. The van der Waals surface area contributed by atoms with Crippen LogP contribution in [-0.4, -0.2) is 21.0 Å². The van der Waals surface area contributed by atoms with Gasteiger partial charge in [0.05, 0.1) is 11.6 Å². The van der Waals surface area contributed by atoms with E-state index < -0.39 is 46.1 Å². The lowest BCUT2D eigenvalue weighted by atomic mass is 10.0. The van der Waals surface area contributed by atoms with Gasteiger partial charge >= 0.3 is 0 Å². The molecule has 1 unspecified atom stereocenters. The van der Waals surface area contributed by atoms with E-state index in [4.69, 9.17) is 5.11 Å². The molecule has 1 aromatic rings. The first-order chi connectivity index (χ1) is 9.49. The molecule has 0 bridgehead atoms. The number of benzene rings is 1. The second-order valence-electron chi connectivity index (χ2n) is 5.82. The topological polar surface area (TPSA) is 55.3 Å². The number of hydrogen-bond donors (Lipinski definition) is 2. The molecule has 0 aliphatic rings. The summed E-state index contributed by atoms with van der Waals surface area (Å²) < 4.78 is 54.7. The van der Waals surface area contributed by atoms with E-state index in [-0.39, 0.29) is 0 Å². The molecular formula is C14H20F3NO2S. The van der Waals surface area contributed by atoms with Crippen LogP contribution in [-0.2, 0) is 17.3 Å². The van der Waals surface area contributed by atoms with Gasteiger partial charge in [-0.15, -0.1) is 4.72 Å². The molecule has 0 aliphatic carbocycles. The van der Waals surface area contributed by atoms with Crippen LogP contribution in [0, 0.1) is 5.82 Å². The summed E-state index contributed by atoms with van der Waals surface area (Å²) in [5.41, 5.74) is -0.491. The minimum absolute atomic E-state index is 0.372. The summed E-state index contributed by atoms with van der Waals surface area (Å²) >= 11 is -1.38. The third-order valence-corrected chi connectivity index (χ3v) is 4.60. The van der Waals surface area contributed by atoms with Crippen LogP contribution in [0.5, 0.6) is 0 Å². The van der Waals surface area contributed by atoms with Crippen molar-refractivity contribution in [3.8, 4) is 0 Å². The third kappa shape index (κ3) is 4.60. The SMILES string of the molecule is C[C@@H](N[S+]([O-])C(C)(C)C)c1ccc(F)c(C(F)(F)CO)c1. The fourth-order valence-corrected chi connectivity index (χ4v) is 2.39. The van der Waals surface area contributed by atoms with E-state index in [0.717, 1.165) is 12.1 Å². The van der Waals surface area contributed by atoms with Crippen molar-refractivity contribution in [3.05, 3.63) is 35.1 Å². The number of aliphatic hydroxyl groups is 1. The number of aliphatic hydroxyl groups excluding tert-OH is 1. The van der Waals surface area contributed by atoms with Crippen LogP contribution in [0.1, 0.15) is 44.9 Å². The summed E-state index contributed by atoms with van der Waals surface area (Å²) in [6.07, 6.45) is 0. The fourth-order valence-electron chi connectivity index (χ4n) is 1.58. The highest BCUT2D eigenvalue weighted by molar-refractivity contribution is 7.90. The van der Waals surface area contributed by atoms with Gasteiger partial charge in [-0.25, -0.2) is 4.39 Å². The summed E-state index contributed by atoms with van der Waals surface area (Å²) in [6, 6.07) is 2.76. The Kier molecular flexibility index (Phi) is 5.71. The van der Waals surface area contributed by atoms with Crippen LogP contribution in [0.2, 0.25) is 0 Å². The smallest absolute Gasteiger partial charge is 0.298 e. The number of halogens is 3. The Labute approximate surface area is 125 Å². The van der Waals surface area contributed by atoms with Gasteiger partial charge in [0, 0.05) is 11.4 Å². The van der Waals surface area contributed by atoms with Crippen LogP contribution < -0.4 is 4.72 Å². The Balaban J connectivity index is 3.02. The van der Waals surface area contributed by atoms with Gasteiger partial charge in [-0.2, -0.15) is 8.78 Å². The zero-order valence-electron chi connectivity index (χ0n) is 12.4. The van der Waals surface area contributed by atoms with Crippen molar-refractivity contribution < 1.29 is 22.8 Å². The summed E-state index contributed by atoms with van der Waals surface area (Å²) in [4.78, 5) is 0. The van der Waals surface area contributed by atoms with E-state index in [2.05, 4.69) is 4.72 Å². The lowest BCUT2D eigenvalue weighted by Gasteiger charge is -2.27. The monoisotopic (exact) mass is 323 g/mol. The number of nitrogens with one attached hydrogen (secondary N) is 1. The van der Waals surface area contributed by atoms with Crippen molar-refractivity contribution in [2.45, 2.75) is 44.4 Å². The van der Waals surface area contributed by atoms with Crippen molar-refractivity contribution in [1.82, 2.24) is 4.72 Å². The van der Waals surface area contributed by atoms with Gasteiger partial charge in [-0.1, -0.05) is 6.07 Å². The molecule has 0 heterocycles. The standard InChI is InChI=1S/C14H20F3NO2S/c1-9(18-21(20)13(2,3)4)10-5-6-12(15)11(7-10)14(16,17)8-19/h5-7,9,18-19H,8H2,1-4H3/t9-,21?/m1/s1. The van der Waals surface area contributed by atoms with Crippen molar-refractivity contribution in [2.75, 3.05) is 6.61 Å². The molecule has 3 nitrogen and oxygen atoms in total. The molecule has 0 amide bonds. The molecule has 1 aromatic carbocycles. The molecule has 2 N–H and O–H groups in total. The first-order valence-electron chi connectivity index (χ1n) is 6.45. The quantitative estimate of drug-likeness (QED) is 0.819. The van der Waals surface area contributed by atoms with E-state index in [1.165, 1.54) is 6.07 Å². The summed E-state index contributed by atoms with van der Waals surface area (Å²) in [5, 5.41) is 8.67. The molecule has 0 radical (unpaired) electrons. The molecule has 7 heteroatoms. The van der Waals surface area contributed by atoms with Crippen LogP contribution in [0.25, 0.3) is 0 Å². The average molecular weight is 323 g/mol. The van der Waals surface area contributed by atoms with Crippen LogP contribution >= 0.6 is 0 Å². The maximum atomic E-state index is 13.5. The fraction of sp³-hybridized carbons (Fsp3) is 0.571. The molecule has 2 atom stereocenters. The van der Waals surface area contributed by atoms with Gasteiger partial charge in [0.1, 0.15) is 17.2 Å². The Bertz CT molecular complexity index is 492. The molecule has 0 fully saturated rings. The van der Waals surface area contributed by atoms with Crippen molar-refractivity contribution >= 4 is 11.4 Å². The highest BCUT2D eigenvalue weighted by atomic mass is 32.2. The third-order valence-electron chi connectivity index (χ3n) is 2.92. The van der Waals surface area contributed by atoms with Crippen molar-refractivity contribution in [2.24, 2.45) is 0 Å². The molecule has 0 aliphatic heterocycles. The van der Waals surface area contributed by atoms with E-state index in [1.807, 2.05) is 0 Å². The summed E-state index contributed by atoms with van der Waals surface area (Å²) in [5.74, 6) is -4.73. The van der Waals surface area contributed by atoms with Crippen molar-refractivity contribution in [1.29, 1.82) is 0 Å². The zero-order valence-corrected chi connectivity index (χ0v) is 13.2. The first-order valence-corrected chi connectivity index (χ1v) is 7.60. The van der Waals surface area contributed by atoms with Gasteiger partial charge in [0.15, 0.2) is 0 Å². The lowest BCUT2D eigenvalue weighted by Crippen LogP contribution is -2.40. The second kappa shape index (κ2) is 6.56. The van der Waals surface area contributed by atoms with Crippen LogP contribution in [0.3, 0.4) is 0 Å². The highest BCUT2D eigenvalue weighted by Crippen LogP contribution is 2.31. The first kappa shape index (κ1) is 18.3. The van der Waals surface area contributed by atoms with E-state index in [1.54, 1.807) is 27.7 Å². The highest BCUT2D eigenvalue weighted by Gasteiger charge is 2.35. The summed E-state index contributed by atoms with van der Waals surface area (Å²) in [6.45, 7) is 5.51.